The maximum Gasteiger partial charge on any atom is 0.573 e. The fourth-order valence-corrected chi connectivity index (χ4v) is 2.57. The van der Waals surface area contributed by atoms with Crippen LogP contribution in [0.25, 0.3) is 0 Å². The van der Waals surface area contributed by atoms with Gasteiger partial charge in [0.1, 0.15) is 11.5 Å². The van der Waals surface area contributed by atoms with Gasteiger partial charge in [-0.3, -0.25) is 4.90 Å². The Morgan fingerprint density at radius 1 is 1.30 bits per heavy atom. The molecule has 0 bridgehead atoms. The summed E-state index contributed by atoms with van der Waals surface area (Å²) in [6.07, 6.45) is -2.95. The Balaban J connectivity index is 0.00000264. The highest BCUT2D eigenvalue weighted by molar-refractivity contribution is 5.85. The van der Waals surface area contributed by atoms with E-state index in [2.05, 4.69) is 21.5 Å². The Morgan fingerprint density at radius 3 is 2.48 bits per heavy atom. The van der Waals surface area contributed by atoms with E-state index in [1.54, 1.807) is 12.1 Å². The van der Waals surface area contributed by atoms with E-state index in [1.165, 1.54) is 19.2 Å². The average Bonchev–Trinajstić information content (AvgIpc) is 2.48. The Labute approximate surface area is 139 Å². The number of alkyl halides is 3. The smallest absolute Gasteiger partial charge is 0.496 e. The van der Waals surface area contributed by atoms with Crippen molar-refractivity contribution in [3.63, 3.8) is 0 Å². The number of nitrogens with zero attached hydrogens (tertiary/aromatic N) is 1. The summed E-state index contributed by atoms with van der Waals surface area (Å²) in [7, 11) is 1.42. The number of methoxy groups -OCH3 is 1. The minimum atomic E-state index is -4.72. The third-order valence-corrected chi connectivity index (χ3v) is 3.53. The molecule has 1 heterocycles. The molecule has 1 aromatic carbocycles. The molecular formula is C15H20ClF3N2O2. The average molecular weight is 353 g/mol. The molecule has 1 saturated heterocycles. The molecule has 0 radical (unpaired) electrons. The first-order chi connectivity index (χ1) is 10.4. The van der Waals surface area contributed by atoms with Gasteiger partial charge in [-0.05, 0) is 12.1 Å². The van der Waals surface area contributed by atoms with Crippen molar-refractivity contribution >= 4 is 12.4 Å². The summed E-state index contributed by atoms with van der Waals surface area (Å²) in [5.41, 5.74) is 0.772. The first kappa shape index (κ1) is 19.6. The molecule has 0 saturated carbocycles. The van der Waals surface area contributed by atoms with Gasteiger partial charge in [0.2, 0.25) is 0 Å². The number of hydrogen-bond acceptors (Lipinski definition) is 4. The molecule has 0 aliphatic carbocycles. The molecule has 0 unspecified atom stereocenters. The number of hydrogen-bond donors (Lipinski definition) is 1. The summed E-state index contributed by atoms with van der Waals surface area (Å²) in [4.78, 5) is 2.20. The monoisotopic (exact) mass is 352 g/mol. The summed E-state index contributed by atoms with van der Waals surface area (Å²) in [6.45, 7) is 7.23. The van der Waals surface area contributed by atoms with Crippen molar-refractivity contribution in [1.82, 2.24) is 10.2 Å². The van der Waals surface area contributed by atoms with Gasteiger partial charge in [-0.1, -0.05) is 6.08 Å². The summed E-state index contributed by atoms with van der Waals surface area (Å²) >= 11 is 0. The molecule has 8 heteroatoms. The Hall–Kier alpha value is -1.44. The Bertz CT molecular complexity index is 520. The van der Waals surface area contributed by atoms with Gasteiger partial charge in [0.15, 0.2) is 0 Å². The molecule has 1 atom stereocenters. The molecular weight excluding hydrogens is 333 g/mol. The van der Waals surface area contributed by atoms with Crippen LogP contribution in [0.3, 0.4) is 0 Å². The molecule has 1 N–H and O–H groups in total. The van der Waals surface area contributed by atoms with Crippen LogP contribution in [-0.2, 0) is 0 Å². The van der Waals surface area contributed by atoms with Gasteiger partial charge in [0.25, 0.3) is 0 Å². The van der Waals surface area contributed by atoms with Gasteiger partial charge in [-0.25, -0.2) is 0 Å². The number of ether oxygens (including phenoxy) is 2. The van der Waals surface area contributed by atoms with Crippen LogP contribution >= 0.6 is 12.4 Å². The highest BCUT2D eigenvalue weighted by Crippen LogP contribution is 2.35. The van der Waals surface area contributed by atoms with Crippen molar-refractivity contribution in [2.45, 2.75) is 12.4 Å². The Kier molecular flexibility index (Phi) is 7.18. The molecule has 1 fully saturated rings. The molecule has 130 valence electrons. The number of nitrogens with one attached hydrogen (secondary N) is 1. The maximum absolute atomic E-state index is 12.3. The minimum Gasteiger partial charge on any atom is -0.496 e. The second kappa shape index (κ2) is 8.42. The highest BCUT2D eigenvalue weighted by Gasteiger charge is 2.32. The van der Waals surface area contributed by atoms with Crippen LogP contribution in [0, 0.1) is 0 Å². The van der Waals surface area contributed by atoms with E-state index >= 15 is 0 Å². The van der Waals surface area contributed by atoms with Crippen LogP contribution in [0.1, 0.15) is 11.6 Å². The SMILES string of the molecule is C=C[C@@H](c1ccc(OC(F)(F)F)cc1OC)N1CCNCC1.Cl. The lowest BCUT2D eigenvalue weighted by molar-refractivity contribution is -0.274. The second-order valence-corrected chi connectivity index (χ2v) is 4.92. The van der Waals surface area contributed by atoms with Crippen LogP contribution in [-0.4, -0.2) is 44.6 Å². The second-order valence-electron chi connectivity index (χ2n) is 4.92. The normalized spacial score (nSPS) is 17.0. The molecule has 0 aromatic heterocycles. The molecule has 0 spiro atoms. The van der Waals surface area contributed by atoms with Crippen LogP contribution in [0.2, 0.25) is 0 Å². The first-order valence-electron chi connectivity index (χ1n) is 6.95. The number of piperazine rings is 1. The fraction of sp³-hybridized carbons (Fsp3) is 0.467. The van der Waals surface area contributed by atoms with Gasteiger partial charge < -0.3 is 14.8 Å². The predicted molar refractivity (Wildman–Crippen MR) is 84.3 cm³/mol. The molecule has 2 rings (SSSR count). The van der Waals surface area contributed by atoms with Crippen LogP contribution in [0.5, 0.6) is 11.5 Å². The first-order valence-corrected chi connectivity index (χ1v) is 6.95. The van der Waals surface area contributed by atoms with Crippen LogP contribution < -0.4 is 14.8 Å². The van der Waals surface area contributed by atoms with Gasteiger partial charge >= 0.3 is 6.36 Å². The molecule has 4 nitrogen and oxygen atoms in total. The van der Waals surface area contributed by atoms with Crippen molar-refractivity contribution < 1.29 is 22.6 Å². The largest absolute Gasteiger partial charge is 0.573 e. The zero-order valence-electron chi connectivity index (χ0n) is 12.7. The van der Waals surface area contributed by atoms with Crippen LogP contribution in [0.15, 0.2) is 30.9 Å². The van der Waals surface area contributed by atoms with Crippen molar-refractivity contribution in [3.8, 4) is 11.5 Å². The van der Waals surface area contributed by atoms with Gasteiger partial charge in [-0.15, -0.1) is 32.2 Å². The third-order valence-electron chi connectivity index (χ3n) is 3.53. The van der Waals surface area contributed by atoms with E-state index in [1.807, 2.05) is 0 Å². The number of benzene rings is 1. The lowest BCUT2D eigenvalue weighted by atomic mass is 10.0. The number of halogens is 4. The van der Waals surface area contributed by atoms with Crippen LogP contribution in [0.4, 0.5) is 13.2 Å². The van der Waals surface area contributed by atoms with Crippen molar-refractivity contribution in [2.24, 2.45) is 0 Å². The Morgan fingerprint density at radius 2 is 1.96 bits per heavy atom. The van der Waals surface area contributed by atoms with E-state index in [4.69, 9.17) is 4.74 Å². The standard InChI is InChI=1S/C15H19F3N2O2.ClH/c1-3-13(20-8-6-19-7-9-20)12-5-4-11(10-14(12)21-2)22-15(16,17)18;/h3-5,10,13,19H,1,6-9H2,2H3;1H/t13-;/m0./s1. The van der Waals surface area contributed by atoms with Gasteiger partial charge in [0.05, 0.1) is 13.2 Å². The van der Waals surface area contributed by atoms with Crippen molar-refractivity contribution in [1.29, 1.82) is 0 Å². The topological polar surface area (TPSA) is 33.7 Å². The zero-order valence-corrected chi connectivity index (χ0v) is 13.5. The van der Waals surface area contributed by atoms with E-state index in [9.17, 15) is 13.2 Å². The number of rotatable bonds is 5. The van der Waals surface area contributed by atoms with Gasteiger partial charge in [-0.2, -0.15) is 0 Å². The molecule has 23 heavy (non-hydrogen) atoms. The lowest BCUT2D eigenvalue weighted by Gasteiger charge is -2.34. The minimum absolute atomic E-state index is 0. The quantitative estimate of drug-likeness (QED) is 0.825. The van der Waals surface area contributed by atoms with Crippen molar-refractivity contribution in [2.75, 3.05) is 33.3 Å². The van der Waals surface area contributed by atoms with E-state index in [-0.39, 0.29) is 24.2 Å². The summed E-state index contributed by atoms with van der Waals surface area (Å²) in [5, 5.41) is 3.26. The fourth-order valence-electron chi connectivity index (χ4n) is 2.57. The summed E-state index contributed by atoms with van der Waals surface area (Å²) in [5.74, 6) is 0.0569. The highest BCUT2D eigenvalue weighted by atomic mass is 35.5. The molecule has 0 amide bonds. The third kappa shape index (κ3) is 5.30. The molecule has 1 aliphatic heterocycles. The lowest BCUT2D eigenvalue weighted by Crippen LogP contribution is -2.44. The maximum atomic E-state index is 12.3. The summed E-state index contributed by atoms with van der Waals surface area (Å²) in [6, 6.07) is 4.02. The van der Waals surface area contributed by atoms with E-state index < -0.39 is 6.36 Å². The van der Waals surface area contributed by atoms with E-state index in [0.717, 1.165) is 31.7 Å². The molecule has 1 aliphatic rings. The molecule has 1 aromatic rings. The van der Waals surface area contributed by atoms with Gasteiger partial charge in [0, 0.05) is 37.8 Å². The van der Waals surface area contributed by atoms with E-state index in [0.29, 0.717) is 5.75 Å². The zero-order chi connectivity index (χ0) is 16.2. The van der Waals surface area contributed by atoms with Crippen molar-refractivity contribution in [3.05, 3.63) is 36.4 Å². The predicted octanol–water partition coefficient (Wildman–Crippen LogP) is 3.15. The summed E-state index contributed by atoms with van der Waals surface area (Å²) < 4.78 is 46.1.